The lowest BCUT2D eigenvalue weighted by molar-refractivity contribution is -0.137. The number of morpholine rings is 1. The van der Waals surface area contributed by atoms with E-state index in [2.05, 4.69) is 25.4 Å². The molecule has 1 saturated carbocycles. The summed E-state index contributed by atoms with van der Waals surface area (Å²) in [7, 11) is 0. The average Bonchev–Trinajstić information content (AvgIpc) is 2.76. The first-order valence-corrected chi connectivity index (χ1v) is 11.6. The maximum absolute atomic E-state index is 13.2. The number of nitrogens with zero attached hydrogens (tertiary/aromatic N) is 4. The molecule has 2 aliphatic heterocycles. The third-order valence-electron chi connectivity index (χ3n) is 6.68. The van der Waals surface area contributed by atoms with Crippen molar-refractivity contribution in [3.63, 3.8) is 0 Å². The zero-order valence-electron chi connectivity index (χ0n) is 18.7. The standard InChI is InChI=1S/C23H28F3N7O/c24-23(25,26)15-3-1-6-17(11-15)28-20-19(12-27)21(31-22(30-20)29-16-4-2-5-16)33-13-18(14-33)32-7-9-34-10-8-32/h1,3,6,11-12,16,18,27H,2,4-5,7-10,13-14H2,(H2,28,29,30,31). The largest absolute Gasteiger partial charge is 0.416 e. The van der Waals surface area contributed by atoms with E-state index in [1.54, 1.807) is 6.07 Å². The molecule has 3 fully saturated rings. The highest BCUT2D eigenvalue weighted by atomic mass is 19.4. The van der Waals surface area contributed by atoms with E-state index in [9.17, 15) is 13.2 Å². The molecule has 182 valence electrons. The predicted molar refractivity (Wildman–Crippen MR) is 124 cm³/mol. The average molecular weight is 476 g/mol. The van der Waals surface area contributed by atoms with Crippen LogP contribution >= 0.6 is 0 Å². The monoisotopic (exact) mass is 475 g/mol. The van der Waals surface area contributed by atoms with Crippen LogP contribution in [-0.4, -0.2) is 72.6 Å². The lowest BCUT2D eigenvalue weighted by Crippen LogP contribution is -2.62. The molecule has 0 radical (unpaired) electrons. The summed E-state index contributed by atoms with van der Waals surface area (Å²) in [4.78, 5) is 13.8. The minimum Gasteiger partial charge on any atom is -0.379 e. The van der Waals surface area contributed by atoms with Crippen molar-refractivity contribution in [3.05, 3.63) is 35.4 Å². The van der Waals surface area contributed by atoms with Crippen molar-refractivity contribution < 1.29 is 17.9 Å². The summed E-state index contributed by atoms with van der Waals surface area (Å²) in [6.45, 7) is 4.80. The van der Waals surface area contributed by atoms with Crippen molar-refractivity contribution in [2.45, 2.75) is 37.5 Å². The Bertz CT molecular complexity index is 1030. The van der Waals surface area contributed by atoms with Crippen LogP contribution in [0.25, 0.3) is 0 Å². The lowest BCUT2D eigenvalue weighted by Gasteiger charge is -2.47. The molecule has 0 bridgehead atoms. The van der Waals surface area contributed by atoms with Crippen molar-refractivity contribution >= 4 is 29.5 Å². The summed E-state index contributed by atoms with van der Waals surface area (Å²) in [5.41, 5.74) is -0.0314. The number of alkyl halides is 3. The molecule has 11 heteroatoms. The molecule has 8 nitrogen and oxygen atoms in total. The van der Waals surface area contributed by atoms with E-state index in [1.807, 2.05) is 0 Å². The summed E-state index contributed by atoms with van der Waals surface area (Å²) in [6, 6.07) is 5.67. The minimum atomic E-state index is -4.44. The maximum atomic E-state index is 13.2. The topological polar surface area (TPSA) is 89.4 Å². The molecule has 0 unspecified atom stereocenters. The molecule has 0 spiro atoms. The predicted octanol–water partition coefficient (Wildman–Crippen LogP) is 3.72. The quantitative estimate of drug-likeness (QED) is 0.526. The Labute approximate surface area is 196 Å². The van der Waals surface area contributed by atoms with Gasteiger partial charge in [-0.2, -0.15) is 23.1 Å². The van der Waals surface area contributed by atoms with E-state index in [1.165, 1.54) is 12.3 Å². The van der Waals surface area contributed by atoms with Gasteiger partial charge in [-0.05, 0) is 37.5 Å². The van der Waals surface area contributed by atoms with Crippen LogP contribution in [0.3, 0.4) is 0 Å². The van der Waals surface area contributed by atoms with Gasteiger partial charge >= 0.3 is 6.18 Å². The summed E-state index contributed by atoms with van der Waals surface area (Å²) in [5.74, 6) is 1.36. The van der Waals surface area contributed by atoms with Crippen LogP contribution in [0.5, 0.6) is 0 Å². The van der Waals surface area contributed by atoms with Crippen LogP contribution in [-0.2, 0) is 10.9 Å². The van der Waals surface area contributed by atoms with Gasteiger partial charge in [-0.25, -0.2) is 0 Å². The highest BCUT2D eigenvalue weighted by Crippen LogP contribution is 2.34. The number of rotatable bonds is 7. The third-order valence-corrected chi connectivity index (χ3v) is 6.68. The fraction of sp³-hybridized carbons (Fsp3) is 0.522. The van der Waals surface area contributed by atoms with Crippen LogP contribution in [0.1, 0.15) is 30.4 Å². The highest BCUT2D eigenvalue weighted by molar-refractivity contribution is 5.93. The van der Waals surface area contributed by atoms with Gasteiger partial charge in [-0.15, -0.1) is 0 Å². The molecule has 3 N–H and O–H groups in total. The molecule has 0 amide bonds. The first kappa shape index (κ1) is 22.9. The summed E-state index contributed by atoms with van der Waals surface area (Å²) in [5, 5.41) is 14.4. The van der Waals surface area contributed by atoms with Gasteiger partial charge in [-0.1, -0.05) is 6.07 Å². The number of nitrogens with one attached hydrogen (secondary N) is 3. The van der Waals surface area contributed by atoms with Gasteiger partial charge < -0.3 is 25.7 Å². The van der Waals surface area contributed by atoms with Crippen LogP contribution < -0.4 is 15.5 Å². The Hall–Kier alpha value is -2.92. The number of anilines is 4. The van der Waals surface area contributed by atoms with E-state index in [-0.39, 0.29) is 11.7 Å². The molecule has 2 saturated heterocycles. The van der Waals surface area contributed by atoms with Gasteiger partial charge in [0.1, 0.15) is 11.6 Å². The van der Waals surface area contributed by atoms with Crippen LogP contribution in [0.15, 0.2) is 24.3 Å². The normalized spacial score (nSPS) is 19.9. The number of hydrogen-bond acceptors (Lipinski definition) is 8. The number of hydrogen-bond donors (Lipinski definition) is 3. The van der Waals surface area contributed by atoms with Gasteiger partial charge in [0, 0.05) is 50.2 Å². The van der Waals surface area contributed by atoms with E-state index in [0.717, 1.165) is 70.8 Å². The van der Waals surface area contributed by atoms with E-state index >= 15 is 0 Å². The number of benzene rings is 1. The van der Waals surface area contributed by atoms with Gasteiger partial charge in [0.2, 0.25) is 5.95 Å². The van der Waals surface area contributed by atoms with Gasteiger partial charge in [-0.3, -0.25) is 4.90 Å². The van der Waals surface area contributed by atoms with Crippen molar-refractivity contribution in [2.75, 3.05) is 54.9 Å². The Kier molecular flexibility index (Phi) is 6.30. The summed E-state index contributed by atoms with van der Waals surface area (Å²) >= 11 is 0. The molecular weight excluding hydrogens is 447 g/mol. The van der Waals surface area contributed by atoms with Gasteiger partial charge in [0.25, 0.3) is 0 Å². The first-order valence-electron chi connectivity index (χ1n) is 11.6. The van der Waals surface area contributed by atoms with Crippen molar-refractivity contribution in [1.29, 1.82) is 5.41 Å². The smallest absolute Gasteiger partial charge is 0.379 e. The summed E-state index contributed by atoms with van der Waals surface area (Å²) in [6.07, 6.45) is -0.0668. The molecule has 1 aliphatic carbocycles. The summed E-state index contributed by atoms with van der Waals surface area (Å²) < 4.78 is 45.0. The molecule has 34 heavy (non-hydrogen) atoms. The van der Waals surface area contributed by atoms with Crippen molar-refractivity contribution in [1.82, 2.24) is 14.9 Å². The zero-order chi connectivity index (χ0) is 23.7. The second-order valence-electron chi connectivity index (χ2n) is 8.96. The van der Waals surface area contributed by atoms with E-state index < -0.39 is 11.7 Å². The molecular formula is C23H28F3N7O. The van der Waals surface area contributed by atoms with Gasteiger partial charge in [0.05, 0.1) is 24.3 Å². The van der Waals surface area contributed by atoms with Crippen LogP contribution in [0.4, 0.5) is 36.4 Å². The lowest BCUT2D eigenvalue weighted by atomic mass is 9.93. The van der Waals surface area contributed by atoms with Crippen molar-refractivity contribution in [3.8, 4) is 0 Å². The number of ether oxygens (including phenoxy) is 1. The Morgan fingerprint density at radius 1 is 1.12 bits per heavy atom. The highest BCUT2D eigenvalue weighted by Gasteiger charge is 2.35. The van der Waals surface area contributed by atoms with Crippen LogP contribution in [0.2, 0.25) is 0 Å². The van der Waals surface area contributed by atoms with E-state index in [0.29, 0.717) is 29.2 Å². The minimum absolute atomic E-state index is 0.256. The zero-order valence-corrected chi connectivity index (χ0v) is 18.7. The van der Waals surface area contributed by atoms with E-state index in [4.69, 9.17) is 15.1 Å². The molecule has 3 heterocycles. The Morgan fingerprint density at radius 3 is 2.53 bits per heavy atom. The molecule has 0 atom stereocenters. The fourth-order valence-corrected chi connectivity index (χ4v) is 4.44. The third kappa shape index (κ3) is 4.80. The second-order valence-corrected chi connectivity index (χ2v) is 8.96. The SMILES string of the molecule is N=Cc1c(Nc2cccc(C(F)(F)F)c2)nc(NC2CCC2)nc1N1CC(N2CCOCC2)C1. The van der Waals surface area contributed by atoms with Crippen molar-refractivity contribution in [2.24, 2.45) is 0 Å². The molecule has 2 aromatic rings. The second kappa shape index (κ2) is 9.38. The van der Waals surface area contributed by atoms with Gasteiger partial charge in [0.15, 0.2) is 0 Å². The Morgan fingerprint density at radius 2 is 1.88 bits per heavy atom. The molecule has 5 rings (SSSR count). The Balaban J connectivity index is 1.42. The molecule has 3 aliphatic rings. The number of aromatic nitrogens is 2. The molecule has 1 aromatic carbocycles. The number of halogens is 3. The fourth-order valence-electron chi connectivity index (χ4n) is 4.44. The molecule has 1 aromatic heterocycles. The maximum Gasteiger partial charge on any atom is 0.416 e. The van der Waals surface area contributed by atoms with Crippen LogP contribution in [0, 0.1) is 5.41 Å². The first-order chi connectivity index (χ1) is 16.4.